The van der Waals surface area contributed by atoms with Gasteiger partial charge in [-0.15, -0.1) is 4.68 Å². The second-order valence-electron chi connectivity index (χ2n) is 9.11. The first-order chi connectivity index (χ1) is 18.0. The Hall–Kier alpha value is -4.12. The summed E-state index contributed by atoms with van der Waals surface area (Å²) >= 11 is 6.17. The second-order valence-corrected chi connectivity index (χ2v) is 9.52. The Bertz CT molecular complexity index is 1560. The van der Waals surface area contributed by atoms with Gasteiger partial charge in [0.15, 0.2) is 11.0 Å². The predicted octanol–water partition coefficient (Wildman–Crippen LogP) is 3.93. The molecule has 1 aliphatic carbocycles. The Morgan fingerprint density at radius 1 is 1.24 bits per heavy atom. The molecule has 5 aromatic rings. The van der Waals surface area contributed by atoms with Gasteiger partial charge < -0.3 is 4.74 Å². The number of nitrogens with one attached hydrogen (secondary N) is 1. The van der Waals surface area contributed by atoms with Crippen LogP contribution in [0.4, 0.5) is 4.39 Å². The van der Waals surface area contributed by atoms with E-state index < -0.39 is 5.82 Å². The van der Waals surface area contributed by atoms with Gasteiger partial charge in [-0.25, -0.2) is 4.39 Å². The Morgan fingerprint density at radius 2 is 2.11 bits per heavy atom. The Labute approximate surface area is 216 Å². The summed E-state index contributed by atoms with van der Waals surface area (Å²) in [6.07, 6.45) is 12.0. The molecule has 37 heavy (non-hydrogen) atoms. The summed E-state index contributed by atoms with van der Waals surface area (Å²) in [6, 6.07) is 6.88. The lowest BCUT2D eigenvalue weighted by Crippen LogP contribution is -2.33. The zero-order valence-electron chi connectivity index (χ0n) is 20.2. The zero-order chi connectivity index (χ0) is 25.5. The van der Waals surface area contributed by atoms with Gasteiger partial charge in [-0.2, -0.15) is 10.2 Å². The van der Waals surface area contributed by atoms with Crippen molar-refractivity contribution < 1.29 is 13.8 Å². The van der Waals surface area contributed by atoms with Crippen LogP contribution in [0.1, 0.15) is 31.0 Å². The summed E-state index contributed by atoms with van der Waals surface area (Å²) < 4.78 is 26.4. The number of ether oxygens (including phenoxy) is 1. The van der Waals surface area contributed by atoms with Crippen LogP contribution in [-0.2, 0) is 7.05 Å². The topological polar surface area (TPSA) is 103 Å². The molecule has 4 heterocycles. The van der Waals surface area contributed by atoms with E-state index in [0.717, 1.165) is 23.4 Å². The third-order valence-electron chi connectivity index (χ3n) is 6.72. The van der Waals surface area contributed by atoms with Crippen LogP contribution in [0.25, 0.3) is 28.1 Å². The first-order valence-electron chi connectivity index (χ1n) is 11.9. The number of benzene rings is 1. The normalized spacial score (nSPS) is 14.2. The van der Waals surface area contributed by atoms with E-state index in [1.54, 1.807) is 25.6 Å². The summed E-state index contributed by atoms with van der Waals surface area (Å²) in [5.41, 5.74) is 3.90. The van der Waals surface area contributed by atoms with Gasteiger partial charge in [0.1, 0.15) is 16.5 Å². The van der Waals surface area contributed by atoms with Crippen molar-refractivity contribution in [1.29, 1.82) is 0 Å². The molecule has 188 valence electrons. The van der Waals surface area contributed by atoms with Crippen molar-refractivity contribution in [1.82, 2.24) is 40.1 Å². The smallest absolute Gasteiger partial charge is 0.293 e. The van der Waals surface area contributed by atoms with E-state index in [0.29, 0.717) is 22.9 Å². The molecule has 0 amide bonds. The molecule has 1 saturated carbocycles. The minimum Gasteiger partial charge on any atom is -0.496 e. The number of hydrogen-bond acceptors (Lipinski definition) is 6. The van der Waals surface area contributed by atoms with Crippen LogP contribution in [0.5, 0.6) is 5.75 Å². The number of aromatic nitrogens is 9. The predicted molar refractivity (Wildman–Crippen MR) is 133 cm³/mol. The van der Waals surface area contributed by atoms with Crippen molar-refractivity contribution in [3.8, 4) is 33.8 Å². The first-order valence-corrected chi connectivity index (χ1v) is 12.2. The highest BCUT2D eigenvalue weighted by molar-refractivity contribution is 6.31. The third-order valence-corrected chi connectivity index (χ3v) is 7.01. The molecule has 4 aromatic heterocycles. The molecule has 0 unspecified atom stereocenters. The molecule has 1 N–H and O–H groups in total. The van der Waals surface area contributed by atoms with Gasteiger partial charge in [0.25, 0.3) is 6.33 Å². The molecular weight excluding hydrogens is 497 g/mol. The van der Waals surface area contributed by atoms with E-state index >= 15 is 4.39 Å². The van der Waals surface area contributed by atoms with E-state index in [4.69, 9.17) is 21.3 Å². The number of tetrazole rings is 1. The zero-order valence-corrected chi connectivity index (χ0v) is 21.0. The molecule has 0 radical (unpaired) electrons. The van der Waals surface area contributed by atoms with Gasteiger partial charge in [0.2, 0.25) is 0 Å². The van der Waals surface area contributed by atoms with Gasteiger partial charge in [-0.3, -0.25) is 14.3 Å². The van der Waals surface area contributed by atoms with E-state index in [1.165, 1.54) is 29.9 Å². The van der Waals surface area contributed by atoms with Crippen LogP contribution in [0.3, 0.4) is 0 Å². The van der Waals surface area contributed by atoms with Crippen molar-refractivity contribution in [2.75, 3.05) is 7.11 Å². The molecule has 0 saturated heterocycles. The molecule has 6 rings (SSSR count). The van der Waals surface area contributed by atoms with Crippen molar-refractivity contribution in [3.05, 3.63) is 71.9 Å². The highest BCUT2D eigenvalue weighted by Gasteiger charge is 2.30. The molecule has 0 bridgehead atoms. The fraction of sp³-hybridized carbons (Fsp3) is 0.280. The van der Waals surface area contributed by atoms with Crippen molar-refractivity contribution in [2.45, 2.75) is 25.3 Å². The van der Waals surface area contributed by atoms with Gasteiger partial charge in [0.05, 0.1) is 41.3 Å². The number of methoxy groups -OCH3 is 1. The number of aryl methyl sites for hydroxylation is 1. The maximum absolute atomic E-state index is 15.4. The van der Waals surface area contributed by atoms with Crippen molar-refractivity contribution in [3.63, 3.8) is 0 Å². The fourth-order valence-electron chi connectivity index (χ4n) is 4.61. The maximum atomic E-state index is 15.4. The Balaban J connectivity index is 1.43. The number of halogens is 2. The second kappa shape index (κ2) is 9.40. The molecular formula is C25H24ClFN9O+. The number of rotatable bonds is 8. The van der Waals surface area contributed by atoms with Crippen LogP contribution in [0.2, 0.25) is 5.02 Å². The van der Waals surface area contributed by atoms with Crippen LogP contribution in [0.15, 0.2) is 55.4 Å². The standard InChI is InChI=1S/C25H23ClFN9O/c1-34-20(7-8-30-34)16-11-31-35(13-16)22(9-15-3-4-15)19-10-23(37-2)17(12-28-19)24-21(36-14-29-32-33-36)6-5-18(26)25(24)27/h5-8,10-15,22H,3-4,9H2,1-2H3/p+1/t22-/m0/s1. The lowest BCUT2D eigenvalue weighted by Gasteiger charge is -2.19. The van der Waals surface area contributed by atoms with Crippen molar-refractivity contribution in [2.24, 2.45) is 13.0 Å². The molecule has 1 atom stereocenters. The third kappa shape index (κ3) is 4.35. The Morgan fingerprint density at radius 3 is 2.81 bits per heavy atom. The minimum absolute atomic E-state index is 0.0104. The van der Waals surface area contributed by atoms with Crippen LogP contribution in [-0.4, -0.2) is 47.2 Å². The quantitative estimate of drug-likeness (QED) is 0.311. The fourth-order valence-corrected chi connectivity index (χ4v) is 4.77. The molecule has 0 spiro atoms. The van der Waals surface area contributed by atoms with E-state index in [-0.39, 0.29) is 16.6 Å². The van der Waals surface area contributed by atoms with Gasteiger partial charge >= 0.3 is 0 Å². The summed E-state index contributed by atoms with van der Waals surface area (Å²) in [7, 11) is 3.46. The average Bonchev–Trinajstić information content (AvgIpc) is 3.28. The lowest BCUT2D eigenvalue weighted by molar-refractivity contribution is -0.659. The summed E-state index contributed by atoms with van der Waals surface area (Å²) in [5, 5.41) is 19.2. The van der Waals surface area contributed by atoms with E-state index in [2.05, 4.69) is 25.7 Å². The number of aromatic amines is 1. The molecule has 1 aromatic carbocycles. The molecule has 12 heteroatoms. The summed E-state index contributed by atoms with van der Waals surface area (Å²) in [4.78, 5) is 4.79. The van der Waals surface area contributed by atoms with E-state index in [1.807, 2.05) is 40.9 Å². The van der Waals surface area contributed by atoms with Gasteiger partial charge in [-0.1, -0.05) is 29.7 Å². The number of hydrogen-bond donors (Lipinski definition) is 1. The lowest BCUT2D eigenvalue weighted by atomic mass is 10.0. The Kier molecular flexibility index (Phi) is 5.91. The van der Waals surface area contributed by atoms with Crippen LogP contribution < -0.4 is 9.42 Å². The number of nitrogens with zero attached hydrogens (tertiary/aromatic N) is 8. The summed E-state index contributed by atoms with van der Waals surface area (Å²) in [6.45, 7) is 0. The average molecular weight is 521 g/mol. The monoisotopic (exact) mass is 520 g/mol. The molecule has 10 nitrogen and oxygen atoms in total. The van der Waals surface area contributed by atoms with Crippen molar-refractivity contribution >= 4 is 11.6 Å². The highest BCUT2D eigenvalue weighted by Crippen LogP contribution is 2.42. The van der Waals surface area contributed by atoms with Gasteiger partial charge in [0, 0.05) is 42.8 Å². The maximum Gasteiger partial charge on any atom is 0.293 e. The highest BCUT2D eigenvalue weighted by atomic mass is 35.5. The van der Waals surface area contributed by atoms with Crippen LogP contribution in [0, 0.1) is 11.7 Å². The molecule has 1 fully saturated rings. The minimum atomic E-state index is -0.587. The summed E-state index contributed by atoms with van der Waals surface area (Å²) in [5.74, 6) is 0.500. The van der Waals surface area contributed by atoms with E-state index in [9.17, 15) is 0 Å². The SMILES string of the molecule is COc1cc([C@H](CC2CC2)n2cc(-c3ccnn3C)cn2)ncc1-c1c(-[n+]2cnn[nH]2)ccc(Cl)c1F. The molecule has 1 aliphatic rings. The molecule has 0 aliphatic heterocycles. The number of pyridine rings is 1. The van der Waals surface area contributed by atoms with Gasteiger partial charge in [-0.05, 0) is 30.5 Å². The first kappa shape index (κ1) is 23.3. The largest absolute Gasteiger partial charge is 0.496 e. The number of H-pyrrole nitrogens is 1. The van der Waals surface area contributed by atoms with Crippen LogP contribution >= 0.6 is 11.6 Å².